The average Bonchev–Trinajstić information content (AvgIpc) is 3.66. The molecule has 0 radical (unpaired) electrons. The largest absolute Gasteiger partial charge is 0.379 e. The highest BCUT2D eigenvalue weighted by Crippen LogP contribution is 2.29. The Kier molecular flexibility index (Phi) is 12.4. The van der Waals surface area contributed by atoms with Gasteiger partial charge < -0.3 is 25.0 Å². The molecule has 2 heterocycles. The van der Waals surface area contributed by atoms with Gasteiger partial charge in [-0.2, -0.15) is 0 Å². The van der Waals surface area contributed by atoms with Gasteiger partial charge in [0.2, 0.25) is 11.8 Å². The maximum absolute atomic E-state index is 13.6. The number of ether oxygens (including phenoxy) is 2. The first-order chi connectivity index (χ1) is 18.8. The Morgan fingerprint density at radius 1 is 1.18 bits per heavy atom. The van der Waals surface area contributed by atoms with Crippen molar-refractivity contribution in [2.75, 3.05) is 27.8 Å². The Bertz CT molecular complexity index is 1010. The molecule has 1 saturated heterocycles. The zero-order valence-corrected chi connectivity index (χ0v) is 25.1. The van der Waals surface area contributed by atoms with Gasteiger partial charge in [-0.1, -0.05) is 57.5 Å². The van der Waals surface area contributed by atoms with Crippen molar-refractivity contribution in [3.63, 3.8) is 0 Å². The van der Waals surface area contributed by atoms with Gasteiger partial charge >= 0.3 is 0 Å². The van der Waals surface area contributed by atoms with Crippen LogP contribution in [0.25, 0.3) is 0 Å². The number of thiazole rings is 1. The summed E-state index contributed by atoms with van der Waals surface area (Å²) in [5.74, 6) is -0.124. The van der Waals surface area contributed by atoms with E-state index in [1.807, 2.05) is 42.5 Å². The molecule has 2 N–H and O–H groups in total. The first-order valence-corrected chi connectivity index (χ1v) is 15.0. The summed E-state index contributed by atoms with van der Waals surface area (Å²) in [4.78, 5) is 33.5. The number of likely N-dealkylation sites (tertiary alicyclic amines) is 1. The third-order valence-corrected chi connectivity index (χ3v) is 9.08. The molecule has 2 aromatic rings. The molecule has 3 rings (SSSR count). The lowest BCUT2D eigenvalue weighted by Crippen LogP contribution is -2.52. The van der Waals surface area contributed by atoms with Crippen molar-refractivity contribution >= 4 is 23.2 Å². The van der Waals surface area contributed by atoms with Crippen LogP contribution in [0, 0.1) is 11.8 Å². The molecule has 0 spiro atoms. The molecule has 9 heteroatoms. The van der Waals surface area contributed by atoms with Crippen LogP contribution >= 0.6 is 11.3 Å². The summed E-state index contributed by atoms with van der Waals surface area (Å²) in [6, 6.07) is 9.79. The minimum Gasteiger partial charge on any atom is -0.379 e. The molecule has 0 bridgehead atoms. The second kappa shape index (κ2) is 15.5. The number of amides is 2. The van der Waals surface area contributed by atoms with Crippen LogP contribution in [-0.4, -0.2) is 73.8 Å². The van der Waals surface area contributed by atoms with Gasteiger partial charge in [0, 0.05) is 38.4 Å². The third-order valence-electron chi connectivity index (χ3n) is 8.20. The van der Waals surface area contributed by atoms with Crippen LogP contribution in [0.1, 0.15) is 63.1 Å². The molecule has 0 saturated carbocycles. The number of nitrogens with one attached hydrogen (secondary N) is 2. The number of methoxy groups -OCH3 is 2. The van der Waals surface area contributed by atoms with E-state index in [4.69, 9.17) is 9.47 Å². The molecule has 0 unspecified atom stereocenters. The topological polar surface area (TPSA) is 92.8 Å². The van der Waals surface area contributed by atoms with E-state index in [0.717, 1.165) is 29.8 Å². The molecule has 1 aromatic carbocycles. The Balaban J connectivity index is 1.71. The number of likely N-dealkylation sites (N-methyl/N-ethyl adjacent to an activating group) is 1. The first kappa shape index (κ1) is 31.2. The lowest BCUT2D eigenvalue weighted by Gasteiger charge is -2.36. The number of hydrogen-bond donors (Lipinski definition) is 2. The molecule has 216 valence electrons. The van der Waals surface area contributed by atoms with Gasteiger partial charge in [-0.15, -0.1) is 11.3 Å². The van der Waals surface area contributed by atoms with Gasteiger partial charge in [0.25, 0.3) is 0 Å². The van der Waals surface area contributed by atoms with Crippen molar-refractivity contribution in [1.29, 1.82) is 0 Å². The highest BCUT2D eigenvalue weighted by atomic mass is 32.1. The SMILES string of the molecule is CC[C@H](C)[C@H](NC)[C@@H](CC(=O)N1CCC[C@H]1[C@H](OC)[C@@H](C)C(=O)N[C@@H](Cc1ccccc1)c1nccs1)OC. The predicted octanol–water partition coefficient (Wildman–Crippen LogP) is 4.22. The summed E-state index contributed by atoms with van der Waals surface area (Å²) in [5, 5.41) is 9.38. The Labute approximate surface area is 237 Å². The maximum atomic E-state index is 13.6. The van der Waals surface area contributed by atoms with Gasteiger partial charge in [0.15, 0.2) is 0 Å². The smallest absolute Gasteiger partial charge is 0.226 e. The van der Waals surface area contributed by atoms with Gasteiger partial charge in [-0.25, -0.2) is 4.98 Å². The molecule has 39 heavy (non-hydrogen) atoms. The zero-order valence-electron chi connectivity index (χ0n) is 24.3. The molecule has 8 nitrogen and oxygen atoms in total. The van der Waals surface area contributed by atoms with Gasteiger partial charge in [-0.3, -0.25) is 9.59 Å². The fraction of sp³-hybridized carbons (Fsp3) is 0.633. The molecule has 0 aliphatic carbocycles. The summed E-state index contributed by atoms with van der Waals surface area (Å²) in [7, 11) is 5.23. The number of aromatic nitrogens is 1. The lowest BCUT2D eigenvalue weighted by atomic mass is 9.91. The van der Waals surface area contributed by atoms with Crippen LogP contribution in [0.4, 0.5) is 0 Å². The second-order valence-electron chi connectivity index (χ2n) is 10.6. The summed E-state index contributed by atoms with van der Waals surface area (Å²) in [6.45, 7) is 6.88. The third kappa shape index (κ3) is 8.10. The van der Waals surface area contributed by atoms with E-state index in [1.54, 1.807) is 20.4 Å². The van der Waals surface area contributed by atoms with Crippen LogP contribution in [-0.2, 0) is 25.5 Å². The molecule has 7 atom stereocenters. The van der Waals surface area contributed by atoms with Crippen LogP contribution in [0.2, 0.25) is 0 Å². The number of benzene rings is 1. The van der Waals surface area contributed by atoms with Crippen molar-refractivity contribution in [3.05, 3.63) is 52.5 Å². The summed E-state index contributed by atoms with van der Waals surface area (Å²) >= 11 is 1.54. The van der Waals surface area contributed by atoms with Crippen LogP contribution < -0.4 is 10.6 Å². The van der Waals surface area contributed by atoms with E-state index in [9.17, 15) is 9.59 Å². The molecule has 2 amide bonds. The Morgan fingerprint density at radius 2 is 1.92 bits per heavy atom. The van der Waals surface area contributed by atoms with E-state index in [1.165, 1.54) is 11.3 Å². The zero-order chi connectivity index (χ0) is 28.4. The van der Waals surface area contributed by atoms with Gasteiger partial charge in [-0.05, 0) is 37.8 Å². The Morgan fingerprint density at radius 3 is 2.51 bits per heavy atom. The molecular weight excluding hydrogens is 512 g/mol. The van der Waals surface area contributed by atoms with Gasteiger partial charge in [0.05, 0.1) is 36.6 Å². The monoisotopic (exact) mass is 558 g/mol. The van der Waals surface area contributed by atoms with Crippen molar-refractivity contribution in [2.24, 2.45) is 11.8 Å². The predicted molar refractivity (Wildman–Crippen MR) is 156 cm³/mol. The van der Waals surface area contributed by atoms with E-state index < -0.39 is 12.0 Å². The normalized spacial score (nSPS) is 20.2. The molecule has 1 aromatic heterocycles. The van der Waals surface area contributed by atoms with Gasteiger partial charge in [0.1, 0.15) is 5.01 Å². The van der Waals surface area contributed by atoms with Crippen molar-refractivity contribution in [1.82, 2.24) is 20.5 Å². The summed E-state index contributed by atoms with van der Waals surface area (Å²) in [5.41, 5.74) is 1.13. The lowest BCUT2D eigenvalue weighted by molar-refractivity contribution is -0.142. The minimum absolute atomic E-state index is 0.0484. The summed E-state index contributed by atoms with van der Waals surface area (Å²) < 4.78 is 11.7. The number of rotatable bonds is 15. The minimum atomic E-state index is -0.449. The Hall–Kier alpha value is -2.33. The van der Waals surface area contributed by atoms with E-state index in [0.29, 0.717) is 25.3 Å². The van der Waals surface area contributed by atoms with Crippen LogP contribution in [0.3, 0.4) is 0 Å². The van der Waals surface area contributed by atoms with Crippen molar-refractivity contribution < 1.29 is 19.1 Å². The van der Waals surface area contributed by atoms with E-state index in [-0.39, 0.29) is 36.0 Å². The summed E-state index contributed by atoms with van der Waals surface area (Å²) in [6.07, 6.45) is 4.76. The van der Waals surface area contributed by atoms with E-state index >= 15 is 0 Å². The quantitative estimate of drug-likeness (QED) is 0.340. The number of carbonyl (C=O) groups is 2. The highest BCUT2D eigenvalue weighted by molar-refractivity contribution is 7.09. The molecule has 1 aliphatic rings. The highest BCUT2D eigenvalue weighted by Gasteiger charge is 2.41. The fourth-order valence-electron chi connectivity index (χ4n) is 5.78. The van der Waals surface area contributed by atoms with Crippen LogP contribution in [0.15, 0.2) is 41.9 Å². The molecule has 1 fully saturated rings. The number of nitrogens with zero attached hydrogens (tertiary/aromatic N) is 2. The van der Waals surface area contributed by atoms with Crippen molar-refractivity contribution in [3.8, 4) is 0 Å². The number of hydrogen-bond acceptors (Lipinski definition) is 7. The standard InChI is InChI=1S/C30H46N4O4S/c1-7-20(2)27(31-4)25(37-5)19-26(35)34-16-11-14-24(34)28(38-6)21(3)29(36)33-23(30-32-15-17-39-30)18-22-12-9-8-10-13-22/h8-10,12-13,15,17,20-21,23-25,27-28,31H,7,11,14,16,18-19H2,1-6H3,(H,33,36)/t20-,21+,23-,24-,25+,27-,28+/m0/s1. The molecular formula is C30H46N4O4S. The number of carbonyl (C=O) groups excluding carboxylic acids is 2. The van der Waals surface area contributed by atoms with Crippen LogP contribution in [0.5, 0.6) is 0 Å². The maximum Gasteiger partial charge on any atom is 0.226 e. The fourth-order valence-corrected chi connectivity index (χ4v) is 6.47. The first-order valence-electron chi connectivity index (χ1n) is 14.1. The van der Waals surface area contributed by atoms with Crippen molar-refractivity contribution in [2.45, 2.75) is 83.2 Å². The average molecular weight is 559 g/mol. The molecule has 1 aliphatic heterocycles. The van der Waals surface area contributed by atoms with E-state index in [2.05, 4.69) is 41.6 Å². The second-order valence-corrected chi connectivity index (χ2v) is 11.5.